The number of benzene rings is 2. The maximum absolute atomic E-state index is 12.0. The van der Waals surface area contributed by atoms with Gasteiger partial charge in [0.15, 0.2) is 0 Å². The summed E-state index contributed by atoms with van der Waals surface area (Å²) in [6, 6.07) is 19.9. The summed E-state index contributed by atoms with van der Waals surface area (Å²) in [7, 11) is 0. The third-order valence-electron chi connectivity index (χ3n) is 3.28. The van der Waals surface area contributed by atoms with Crippen LogP contribution in [0.15, 0.2) is 60.7 Å². The molecule has 122 valence electrons. The van der Waals surface area contributed by atoms with E-state index in [0.29, 0.717) is 6.54 Å². The monoisotopic (exact) mass is 364 g/mol. The highest BCUT2D eigenvalue weighted by atomic mass is 32.9. The molecule has 2 N–H and O–H groups in total. The van der Waals surface area contributed by atoms with Gasteiger partial charge in [0.25, 0.3) is 0 Å². The van der Waals surface area contributed by atoms with Crippen LogP contribution in [0, 0.1) is 0 Å². The van der Waals surface area contributed by atoms with Gasteiger partial charge in [0.05, 0.1) is 5.24 Å². The molecule has 0 aliphatic rings. The predicted octanol–water partition coefficient (Wildman–Crippen LogP) is 3.78. The summed E-state index contributed by atoms with van der Waals surface area (Å²) in [5.41, 5.74) is 0. The lowest BCUT2D eigenvalue weighted by Gasteiger charge is -2.22. The molecule has 2 amide bonds. The highest BCUT2D eigenvalue weighted by molar-refractivity contribution is 8.74. The Bertz CT molecular complexity index is 621. The number of urea groups is 1. The summed E-state index contributed by atoms with van der Waals surface area (Å²) in [6.07, 6.45) is 2.03. The Morgan fingerprint density at radius 2 is 1.57 bits per heavy atom. The van der Waals surface area contributed by atoms with E-state index in [-0.39, 0.29) is 6.03 Å². The molecule has 6 heteroatoms. The van der Waals surface area contributed by atoms with Crippen LogP contribution in [-0.4, -0.2) is 12.6 Å². The zero-order valence-electron chi connectivity index (χ0n) is 13.1. The second kappa shape index (κ2) is 9.11. The Morgan fingerprint density at radius 1 is 1.04 bits per heavy atom. The Kier molecular flexibility index (Phi) is 7.15. The first kappa shape index (κ1) is 18.1. The summed E-state index contributed by atoms with van der Waals surface area (Å²) in [4.78, 5) is 12.0. The maximum Gasteiger partial charge on any atom is 0.325 e. The fourth-order valence-electron chi connectivity index (χ4n) is 2.02. The molecule has 0 unspecified atom stereocenters. The van der Waals surface area contributed by atoms with Crippen LogP contribution >= 0.6 is 16.8 Å². The van der Waals surface area contributed by atoms with Gasteiger partial charge >= 0.3 is 6.03 Å². The fourth-order valence-corrected chi connectivity index (χ4v) is 7.01. The van der Waals surface area contributed by atoms with Crippen molar-refractivity contribution in [3.05, 3.63) is 60.7 Å². The van der Waals surface area contributed by atoms with Crippen molar-refractivity contribution in [2.45, 2.75) is 19.8 Å². The van der Waals surface area contributed by atoms with Crippen molar-refractivity contribution in [3.63, 3.8) is 0 Å². The number of carbonyl (C=O) groups is 1. The molecule has 3 nitrogen and oxygen atoms in total. The van der Waals surface area contributed by atoms with Gasteiger partial charge in [0.2, 0.25) is 0 Å². The van der Waals surface area contributed by atoms with Crippen LogP contribution in [0.2, 0.25) is 0 Å². The highest BCUT2D eigenvalue weighted by Gasteiger charge is 2.24. The van der Waals surface area contributed by atoms with Gasteiger partial charge < -0.3 is 5.32 Å². The highest BCUT2D eigenvalue weighted by Crippen LogP contribution is 2.54. The van der Waals surface area contributed by atoms with Crippen molar-refractivity contribution in [1.29, 1.82) is 0 Å². The van der Waals surface area contributed by atoms with E-state index in [1.54, 1.807) is 0 Å². The first-order valence-corrected chi connectivity index (χ1v) is 11.8. The Labute approximate surface area is 147 Å². The summed E-state index contributed by atoms with van der Waals surface area (Å²) in [5.74, 6) is 0. The molecule has 23 heavy (non-hydrogen) atoms. The average Bonchev–Trinajstić information content (AvgIpc) is 2.61. The molecule has 2 aromatic carbocycles. The van der Waals surface area contributed by atoms with Crippen molar-refractivity contribution in [2.75, 3.05) is 6.54 Å². The smallest absolute Gasteiger partial charge is 0.325 e. The van der Waals surface area contributed by atoms with Gasteiger partial charge in [-0.05, 0) is 18.0 Å². The lowest BCUT2D eigenvalue weighted by Crippen LogP contribution is -2.32. The molecule has 0 bridgehead atoms. The van der Waals surface area contributed by atoms with Crippen LogP contribution in [0.25, 0.3) is 0 Å². The normalized spacial score (nSPS) is 11.0. The van der Waals surface area contributed by atoms with Gasteiger partial charge in [-0.1, -0.05) is 85.8 Å². The molecule has 0 radical (unpaired) electrons. The number of carbonyl (C=O) groups excluding carboxylic acids is 1. The molecule has 0 aliphatic carbocycles. The number of amides is 2. The van der Waals surface area contributed by atoms with E-state index in [9.17, 15) is 4.79 Å². The predicted molar refractivity (Wildman–Crippen MR) is 105 cm³/mol. The molecular formula is C17H21N2OPS2. The molecule has 0 aliphatic heterocycles. The average molecular weight is 364 g/mol. The summed E-state index contributed by atoms with van der Waals surface area (Å²) in [6.45, 7) is 2.78. The standard InChI is InChI=1S/C17H21N2OPS2/c1-2-3-14-18-17(20)19-23-21(22,15-10-6-4-7-11-15)16-12-8-5-9-13-16/h4-13H,2-3,14H2,1H3,(H2,18,19,20). The van der Waals surface area contributed by atoms with E-state index < -0.39 is 5.24 Å². The molecule has 2 aromatic rings. The topological polar surface area (TPSA) is 41.1 Å². The number of hydrogen-bond donors (Lipinski definition) is 2. The first-order chi connectivity index (χ1) is 11.2. The third-order valence-corrected chi connectivity index (χ3v) is 10.0. The van der Waals surface area contributed by atoms with E-state index in [2.05, 4.69) is 17.0 Å². The van der Waals surface area contributed by atoms with Gasteiger partial charge in [-0.25, -0.2) is 4.79 Å². The van der Waals surface area contributed by atoms with Crippen molar-refractivity contribution in [2.24, 2.45) is 0 Å². The van der Waals surface area contributed by atoms with Crippen LogP contribution in [0.1, 0.15) is 19.8 Å². The molecular weight excluding hydrogens is 343 g/mol. The van der Waals surface area contributed by atoms with Crippen molar-refractivity contribution in [1.82, 2.24) is 10.0 Å². The molecule has 0 heterocycles. The molecule has 0 saturated heterocycles. The van der Waals surface area contributed by atoms with Crippen LogP contribution in [-0.2, 0) is 11.8 Å². The second-order valence-electron chi connectivity index (χ2n) is 5.03. The van der Waals surface area contributed by atoms with E-state index in [1.165, 1.54) is 11.6 Å². The van der Waals surface area contributed by atoms with Gasteiger partial charge in [-0.3, -0.25) is 4.72 Å². The minimum absolute atomic E-state index is 0.176. The minimum atomic E-state index is -2.14. The lowest BCUT2D eigenvalue weighted by molar-refractivity contribution is 0.246. The zero-order valence-corrected chi connectivity index (χ0v) is 15.6. The van der Waals surface area contributed by atoms with Crippen LogP contribution < -0.4 is 20.6 Å². The van der Waals surface area contributed by atoms with Crippen molar-refractivity contribution < 1.29 is 4.79 Å². The number of nitrogens with one attached hydrogen (secondary N) is 2. The minimum Gasteiger partial charge on any atom is -0.337 e. The van der Waals surface area contributed by atoms with Crippen molar-refractivity contribution in [3.8, 4) is 0 Å². The summed E-state index contributed by atoms with van der Waals surface area (Å²) < 4.78 is 2.89. The van der Waals surface area contributed by atoms with E-state index in [4.69, 9.17) is 11.8 Å². The van der Waals surface area contributed by atoms with Gasteiger partial charge in [-0.2, -0.15) is 0 Å². The summed E-state index contributed by atoms with van der Waals surface area (Å²) >= 11 is 7.38. The van der Waals surface area contributed by atoms with Crippen LogP contribution in [0.5, 0.6) is 0 Å². The SMILES string of the molecule is CCCCNC(=O)NSP(=S)(c1ccccc1)c1ccccc1. The van der Waals surface area contributed by atoms with E-state index in [0.717, 1.165) is 23.5 Å². The third kappa shape index (κ3) is 5.10. The van der Waals surface area contributed by atoms with Gasteiger partial charge in [0.1, 0.15) is 0 Å². The quantitative estimate of drug-likeness (QED) is 0.446. The molecule has 0 atom stereocenters. The maximum atomic E-state index is 12.0. The zero-order chi connectivity index (χ0) is 16.5. The van der Waals surface area contributed by atoms with Gasteiger partial charge in [-0.15, -0.1) is 0 Å². The first-order valence-electron chi connectivity index (χ1n) is 7.60. The Balaban J connectivity index is 2.16. The largest absolute Gasteiger partial charge is 0.337 e. The number of unbranched alkanes of at least 4 members (excludes halogenated alkanes) is 1. The molecule has 0 fully saturated rings. The second-order valence-corrected chi connectivity index (χ2v) is 12.1. The lowest BCUT2D eigenvalue weighted by atomic mass is 10.3. The van der Waals surface area contributed by atoms with Crippen LogP contribution in [0.4, 0.5) is 4.79 Å². The fraction of sp³-hybridized carbons (Fsp3) is 0.235. The molecule has 0 spiro atoms. The molecule has 0 saturated carbocycles. The van der Waals surface area contributed by atoms with E-state index in [1.807, 2.05) is 60.7 Å². The van der Waals surface area contributed by atoms with Gasteiger partial charge in [0, 0.05) is 17.2 Å². The number of hydrogen-bond acceptors (Lipinski definition) is 3. The van der Waals surface area contributed by atoms with E-state index >= 15 is 0 Å². The molecule has 0 aromatic heterocycles. The van der Waals surface area contributed by atoms with Crippen molar-refractivity contribution >= 4 is 45.3 Å². The Hall–Kier alpha value is -1.29. The Morgan fingerprint density at radius 3 is 2.04 bits per heavy atom. The summed E-state index contributed by atoms with van der Waals surface area (Å²) in [5, 5.41) is 2.89. The van der Waals surface area contributed by atoms with Crippen LogP contribution in [0.3, 0.4) is 0 Å². The number of rotatable bonds is 7. The molecule has 2 rings (SSSR count).